The maximum absolute atomic E-state index is 15.3. The van der Waals surface area contributed by atoms with Crippen LogP contribution in [0.3, 0.4) is 0 Å². The molecule has 1 aliphatic heterocycles. The third-order valence-electron chi connectivity index (χ3n) is 13.3. The number of halogens is 3. The smallest absolute Gasteiger partial charge is 0.434 e. The molecule has 0 unspecified atom stereocenters. The lowest BCUT2D eigenvalue weighted by Gasteiger charge is -2.43. The molecule has 1 atom stereocenters. The summed E-state index contributed by atoms with van der Waals surface area (Å²) in [6.07, 6.45) is -4.36. The van der Waals surface area contributed by atoms with Crippen molar-refractivity contribution >= 4 is 49.1 Å². The molecule has 2 N–H and O–H groups in total. The molecule has 0 bridgehead atoms. The predicted octanol–water partition coefficient (Wildman–Crippen LogP) is 7.12. The van der Waals surface area contributed by atoms with Crippen LogP contribution in [0.25, 0.3) is 11.1 Å². The molecular weight excluding hydrogens is 1180 g/mol. The molecule has 2 aromatic heterocycles. The van der Waals surface area contributed by atoms with Gasteiger partial charge in [0.05, 0.1) is 74.9 Å². The van der Waals surface area contributed by atoms with Gasteiger partial charge < -0.3 is 48.6 Å². The Labute approximate surface area is 495 Å². The number of nitrogens with zero attached hydrogens (tertiary/aromatic N) is 8. The van der Waals surface area contributed by atoms with E-state index in [1.807, 2.05) is 4.90 Å². The number of nitro benzene ring substituents is 2. The zero-order chi connectivity index (χ0) is 62.4. The number of aromatic nitrogens is 2. The number of sulfonamides is 2. The Morgan fingerprint density at radius 3 is 1.90 bits per heavy atom. The van der Waals surface area contributed by atoms with Gasteiger partial charge in [-0.1, -0.05) is 37.3 Å². The van der Waals surface area contributed by atoms with Gasteiger partial charge in [-0.15, -0.1) is 0 Å². The second kappa shape index (κ2) is 32.2. The van der Waals surface area contributed by atoms with Gasteiger partial charge in [-0.05, 0) is 80.3 Å². The van der Waals surface area contributed by atoms with Gasteiger partial charge in [0.1, 0.15) is 0 Å². The molecule has 0 spiro atoms. The van der Waals surface area contributed by atoms with Gasteiger partial charge >= 0.3 is 12.3 Å². The molecule has 3 heterocycles. The minimum absolute atomic E-state index is 0.00896. The monoisotopic (exact) mass is 1250 g/mol. The summed E-state index contributed by atoms with van der Waals surface area (Å²) in [7, 11) is -9.86. The summed E-state index contributed by atoms with van der Waals surface area (Å²) >= 11 is 0. The highest BCUT2D eigenvalue weighted by Gasteiger charge is 2.41. The van der Waals surface area contributed by atoms with E-state index in [1.165, 1.54) is 41.4 Å². The molecule has 6 rings (SSSR count). The Morgan fingerprint density at radius 2 is 1.31 bits per heavy atom. The summed E-state index contributed by atoms with van der Waals surface area (Å²) in [4.78, 5) is 57.4. The highest BCUT2D eigenvalue weighted by Crippen LogP contribution is 2.38. The van der Waals surface area contributed by atoms with Crippen molar-refractivity contribution < 1.29 is 83.0 Å². The van der Waals surface area contributed by atoms with Crippen molar-refractivity contribution in [3.8, 4) is 22.9 Å². The number of carbonyl (C=O) groups is 2. The molecule has 5 aromatic rings. The number of carboxylic acid groups (broad SMARTS) is 1. The summed E-state index contributed by atoms with van der Waals surface area (Å²) in [6.45, 7) is 4.14. The number of alkyl halides is 3. The van der Waals surface area contributed by atoms with Crippen molar-refractivity contribution in [2.45, 2.75) is 62.2 Å². The molecule has 26 nitrogen and oxygen atoms in total. The van der Waals surface area contributed by atoms with E-state index < -0.39 is 106 Å². The summed E-state index contributed by atoms with van der Waals surface area (Å²) in [5, 5.41) is 35.6. The number of para-hydroxylation sites is 2. The molecule has 1 fully saturated rings. The van der Waals surface area contributed by atoms with E-state index in [4.69, 9.17) is 33.5 Å². The van der Waals surface area contributed by atoms with Gasteiger partial charge in [-0.25, -0.2) is 31.6 Å². The number of anilines is 1. The van der Waals surface area contributed by atoms with Crippen LogP contribution in [0, 0.1) is 20.2 Å². The van der Waals surface area contributed by atoms with Crippen molar-refractivity contribution in [3.63, 3.8) is 0 Å². The number of piperazine rings is 1. The molecule has 86 heavy (non-hydrogen) atoms. The Hall–Kier alpha value is -7.65. The number of carbonyl (C=O) groups excluding carboxylic acids is 1. The van der Waals surface area contributed by atoms with Gasteiger partial charge in [0.25, 0.3) is 17.3 Å². The molecule has 468 valence electrons. The average molecular weight is 1250 g/mol. The van der Waals surface area contributed by atoms with Crippen LogP contribution < -0.4 is 19.7 Å². The quantitative estimate of drug-likeness (QED) is 0.0231. The number of hydrogen-bond acceptors (Lipinski definition) is 19. The number of pyridine rings is 2. The largest absolute Gasteiger partial charge is 0.478 e. The first-order chi connectivity index (χ1) is 41.1. The second-order valence-corrected chi connectivity index (χ2v) is 22.7. The van der Waals surface area contributed by atoms with E-state index in [1.54, 1.807) is 51.1 Å². The Bertz CT molecular complexity index is 3330. The summed E-state index contributed by atoms with van der Waals surface area (Å²) in [6, 6.07) is 19.2. The van der Waals surface area contributed by atoms with Crippen LogP contribution in [-0.4, -0.2) is 185 Å². The molecule has 0 aliphatic carbocycles. The highest BCUT2D eigenvalue weighted by atomic mass is 32.2. The van der Waals surface area contributed by atoms with Crippen LogP contribution in [-0.2, 0) is 51.7 Å². The minimum atomic E-state index is -5.02. The van der Waals surface area contributed by atoms with Gasteiger partial charge in [-0.2, -0.15) is 21.8 Å². The second-order valence-electron chi connectivity index (χ2n) is 18.8. The van der Waals surface area contributed by atoms with E-state index >= 15 is 8.42 Å². The van der Waals surface area contributed by atoms with Crippen molar-refractivity contribution in [1.29, 1.82) is 0 Å². The van der Waals surface area contributed by atoms with Crippen LogP contribution >= 0.6 is 0 Å². The van der Waals surface area contributed by atoms with E-state index in [9.17, 15) is 51.4 Å². The van der Waals surface area contributed by atoms with E-state index in [0.29, 0.717) is 23.2 Å². The van der Waals surface area contributed by atoms with Crippen LogP contribution in [0.4, 0.5) is 35.0 Å². The molecule has 0 radical (unpaired) electrons. The minimum Gasteiger partial charge on any atom is -0.478 e. The zero-order valence-electron chi connectivity index (χ0n) is 47.5. The van der Waals surface area contributed by atoms with Crippen molar-refractivity contribution in [2.75, 3.05) is 117 Å². The molecule has 31 heteroatoms. The number of amides is 2. The molecule has 0 saturated carbocycles. The van der Waals surface area contributed by atoms with Crippen molar-refractivity contribution in [3.05, 3.63) is 134 Å². The van der Waals surface area contributed by atoms with Crippen LogP contribution in [0.1, 0.15) is 55.2 Å². The maximum atomic E-state index is 15.3. The van der Waals surface area contributed by atoms with E-state index in [-0.39, 0.29) is 123 Å². The van der Waals surface area contributed by atoms with Gasteiger partial charge in [0, 0.05) is 101 Å². The maximum Gasteiger partial charge on any atom is 0.434 e. The fraction of sp³-hybridized carbons (Fsp3) is 0.455. The topological polar surface area (TPSA) is 315 Å². The van der Waals surface area contributed by atoms with Crippen LogP contribution in [0.2, 0.25) is 0 Å². The van der Waals surface area contributed by atoms with E-state index in [0.717, 1.165) is 38.9 Å². The molecule has 2 amide bonds. The third kappa shape index (κ3) is 18.2. The summed E-state index contributed by atoms with van der Waals surface area (Å²) < 4.78 is 138. The van der Waals surface area contributed by atoms with Crippen molar-refractivity contribution in [2.24, 2.45) is 0 Å². The highest BCUT2D eigenvalue weighted by molar-refractivity contribution is 7.89. The lowest BCUT2D eigenvalue weighted by molar-refractivity contribution is -0.388. The Kier molecular flexibility index (Phi) is 25.3. The van der Waals surface area contributed by atoms with Crippen LogP contribution in [0.15, 0.2) is 107 Å². The summed E-state index contributed by atoms with van der Waals surface area (Å²) in [5.74, 6) is -1.03. The fourth-order valence-corrected chi connectivity index (χ4v) is 12.5. The Balaban J connectivity index is 1.33. The first-order valence-corrected chi connectivity index (χ1v) is 30.2. The number of nitrogens with one attached hydrogen (secondary N) is 1. The zero-order valence-corrected chi connectivity index (χ0v) is 49.1. The lowest BCUT2D eigenvalue weighted by Crippen LogP contribution is -2.55. The van der Waals surface area contributed by atoms with E-state index in [2.05, 4.69) is 15.3 Å². The van der Waals surface area contributed by atoms with Gasteiger partial charge in [0.2, 0.25) is 31.8 Å². The molecule has 3 aromatic carbocycles. The van der Waals surface area contributed by atoms with Gasteiger partial charge in [-0.3, -0.25) is 25.0 Å². The predicted molar refractivity (Wildman–Crippen MR) is 305 cm³/mol. The SMILES string of the molecule is CCOc1ccc(C(=O)N2CCN(c3ccc(-c4cccnc4OCC)cc3CN(CCN(CCCOCCOCCOCCOCCNC(=O)O)S(=O)(=O)c3ccccc3[N+](=O)[O-])S(=O)(=O)c3ccccc3[N+](=O)[O-])[C@H](CC)C2)c(C(F)(F)F)n1. The van der Waals surface area contributed by atoms with Crippen molar-refractivity contribution in [1.82, 2.24) is 28.8 Å². The molecule has 1 aliphatic rings. The number of rotatable bonds is 35. The molecule has 1 saturated heterocycles. The Morgan fingerprint density at radius 1 is 0.733 bits per heavy atom. The fourth-order valence-electron chi connectivity index (χ4n) is 9.27. The third-order valence-corrected chi connectivity index (χ3v) is 17.1. The van der Waals surface area contributed by atoms with Gasteiger partial charge in [0.15, 0.2) is 15.5 Å². The number of ether oxygens (including phenoxy) is 6. The first-order valence-electron chi connectivity index (χ1n) is 27.4. The number of benzene rings is 3. The number of hydrogen-bond donors (Lipinski definition) is 2. The first kappa shape index (κ1) is 67.5. The lowest BCUT2D eigenvalue weighted by atomic mass is 9.99. The number of nitro groups is 2. The average Bonchev–Trinajstić information content (AvgIpc) is 0.915. The normalized spacial score (nSPS) is 13.9. The molecular formula is C55H68F3N9O17S2. The summed E-state index contributed by atoms with van der Waals surface area (Å²) in [5.41, 5.74) is -2.05. The van der Waals surface area contributed by atoms with Crippen LogP contribution in [0.5, 0.6) is 11.8 Å². The standard InChI is InChI=1S/C55H68F3N9O17S2/c1-4-42-39-62(53(68)44-19-21-50(83-5-2)61-51(44)55(56,57)58)25-28-65(42)45-20-18-40(43-13-11-22-59-52(43)84-6-3)37-41(45)38-64(86(77,78)49-17-10-8-15-47(49)67(73)74)27-26-63(85(75,76)48-16-9-7-14-46(48)66(71)72)24-12-29-79-31-33-81-35-36-82-34-32-80-30-23-60-54(69)70/h7-11,13-22,37,42,60H,4-6,12,23-36,38-39H2,1-3H3,(H,69,70)/t42-/m1/s1.